The third kappa shape index (κ3) is 0.701. The molecule has 2 heteroatoms. The normalized spacial score (nSPS) is 31.6. The Balaban J connectivity index is 2.14. The zero-order chi connectivity index (χ0) is 7.26. The lowest BCUT2D eigenvalue weighted by Crippen LogP contribution is -2.11. The number of benzene rings is 1. The predicted molar refractivity (Wildman–Crippen MR) is 39.6 cm³/mol. The van der Waals surface area contributed by atoms with Gasteiger partial charge in [0, 0.05) is 5.56 Å². The van der Waals surface area contributed by atoms with Gasteiger partial charge in [-0.25, -0.2) is 0 Å². The lowest BCUT2D eigenvalue weighted by molar-refractivity contribution is 0.267. The quantitative estimate of drug-likeness (QED) is 0.520. The van der Waals surface area contributed by atoms with E-state index in [0.717, 1.165) is 12.4 Å². The van der Waals surface area contributed by atoms with E-state index < -0.39 is 0 Å². The SMILES string of the molecule is c1ccc2c(c1)OC[C@@H]1O[C@@H]21. The number of hydrogen-bond donors (Lipinski definition) is 0. The maximum Gasteiger partial charge on any atom is 0.125 e. The van der Waals surface area contributed by atoms with Crippen LogP contribution in [-0.4, -0.2) is 12.7 Å². The molecule has 1 aromatic rings. The van der Waals surface area contributed by atoms with Crippen LogP contribution in [0.3, 0.4) is 0 Å². The summed E-state index contributed by atoms with van der Waals surface area (Å²) in [5, 5.41) is 0. The molecule has 11 heavy (non-hydrogen) atoms. The number of fused-ring (bicyclic) bond motifs is 3. The second-order valence-corrected chi connectivity index (χ2v) is 2.94. The van der Waals surface area contributed by atoms with Crippen molar-refractivity contribution in [2.45, 2.75) is 12.2 Å². The number of para-hydroxylation sites is 1. The summed E-state index contributed by atoms with van der Waals surface area (Å²) in [7, 11) is 0. The van der Waals surface area contributed by atoms with Gasteiger partial charge < -0.3 is 9.47 Å². The van der Waals surface area contributed by atoms with Crippen LogP contribution in [-0.2, 0) is 4.74 Å². The molecule has 56 valence electrons. The third-order valence-corrected chi connectivity index (χ3v) is 2.21. The van der Waals surface area contributed by atoms with Gasteiger partial charge in [-0.15, -0.1) is 0 Å². The summed E-state index contributed by atoms with van der Waals surface area (Å²) in [6, 6.07) is 8.07. The second kappa shape index (κ2) is 1.77. The molecule has 0 saturated carbocycles. The van der Waals surface area contributed by atoms with E-state index >= 15 is 0 Å². The third-order valence-electron chi connectivity index (χ3n) is 2.21. The lowest BCUT2D eigenvalue weighted by atomic mass is 10.1. The monoisotopic (exact) mass is 148 g/mol. The van der Waals surface area contributed by atoms with E-state index in [1.165, 1.54) is 5.56 Å². The fourth-order valence-electron chi connectivity index (χ4n) is 1.56. The summed E-state index contributed by atoms with van der Waals surface area (Å²) in [6.07, 6.45) is 0.671. The molecule has 1 aromatic carbocycles. The van der Waals surface area contributed by atoms with Gasteiger partial charge in [-0.2, -0.15) is 0 Å². The van der Waals surface area contributed by atoms with Crippen molar-refractivity contribution in [3.8, 4) is 5.75 Å². The molecule has 0 spiro atoms. The largest absolute Gasteiger partial charge is 0.490 e. The highest BCUT2D eigenvalue weighted by atomic mass is 16.6. The fraction of sp³-hybridized carbons (Fsp3) is 0.333. The van der Waals surface area contributed by atoms with Crippen LogP contribution < -0.4 is 4.74 Å². The van der Waals surface area contributed by atoms with Gasteiger partial charge in [0.1, 0.15) is 24.6 Å². The van der Waals surface area contributed by atoms with Gasteiger partial charge in [-0.05, 0) is 6.07 Å². The van der Waals surface area contributed by atoms with E-state index in [-0.39, 0.29) is 0 Å². The van der Waals surface area contributed by atoms with Gasteiger partial charge in [0.15, 0.2) is 0 Å². The minimum Gasteiger partial charge on any atom is -0.490 e. The molecule has 2 nitrogen and oxygen atoms in total. The van der Waals surface area contributed by atoms with Gasteiger partial charge in [0.2, 0.25) is 0 Å². The predicted octanol–water partition coefficient (Wildman–Crippen LogP) is 1.52. The van der Waals surface area contributed by atoms with E-state index in [0.29, 0.717) is 12.2 Å². The van der Waals surface area contributed by atoms with Gasteiger partial charge in [-0.3, -0.25) is 0 Å². The van der Waals surface area contributed by atoms with Gasteiger partial charge in [0.25, 0.3) is 0 Å². The Kier molecular flexibility index (Phi) is 0.902. The van der Waals surface area contributed by atoms with Crippen LogP contribution in [0.4, 0.5) is 0 Å². The Labute approximate surface area is 64.7 Å². The van der Waals surface area contributed by atoms with Gasteiger partial charge in [-0.1, -0.05) is 18.2 Å². The summed E-state index contributed by atoms with van der Waals surface area (Å²) in [4.78, 5) is 0. The number of ether oxygens (including phenoxy) is 2. The van der Waals surface area contributed by atoms with Crippen molar-refractivity contribution in [1.82, 2.24) is 0 Å². The van der Waals surface area contributed by atoms with Crippen molar-refractivity contribution in [3.63, 3.8) is 0 Å². The molecule has 1 saturated heterocycles. The van der Waals surface area contributed by atoms with E-state index in [1.54, 1.807) is 0 Å². The topological polar surface area (TPSA) is 21.8 Å². The zero-order valence-electron chi connectivity index (χ0n) is 5.99. The van der Waals surface area contributed by atoms with E-state index in [9.17, 15) is 0 Å². The standard InChI is InChI=1S/C9H8O2/c1-2-4-7-6(3-1)9-8(11-9)5-10-7/h1-4,8-9H,5H2/t8-,9-/m0/s1. The zero-order valence-corrected chi connectivity index (χ0v) is 5.99. The Hall–Kier alpha value is -1.02. The molecule has 0 unspecified atom stereocenters. The van der Waals surface area contributed by atoms with Crippen LogP contribution in [0, 0.1) is 0 Å². The highest BCUT2D eigenvalue weighted by Gasteiger charge is 2.45. The maximum absolute atomic E-state index is 5.45. The average molecular weight is 148 g/mol. The summed E-state index contributed by atoms with van der Waals surface area (Å²) in [5.41, 5.74) is 1.21. The van der Waals surface area contributed by atoms with Crippen molar-refractivity contribution in [2.75, 3.05) is 6.61 Å². The number of epoxide rings is 1. The molecule has 1 fully saturated rings. The van der Waals surface area contributed by atoms with Crippen LogP contribution in [0.25, 0.3) is 0 Å². The summed E-state index contributed by atoms with van der Waals surface area (Å²) in [5.74, 6) is 0.992. The van der Waals surface area contributed by atoms with Crippen LogP contribution in [0.2, 0.25) is 0 Å². The van der Waals surface area contributed by atoms with Gasteiger partial charge in [0.05, 0.1) is 0 Å². The minimum absolute atomic E-state index is 0.333. The molecule has 2 atom stereocenters. The molecule has 0 aromatic heterocycles. The lowest BCUT2D eigenvalue weighted by Gasteiger charge is -2.12. The van der Waals surface area contributed by atoms with Crippen LogP contribution >= 0.6 is 0 Å². The molecular weight excluding hydrogens is 140 g/mol. The Morgan fingerprint density at radius 3 is 3.18 bits per heavy atom. The Bertz CT molecular complexity index is 295. The average Bonchev–Trinajstić information content (AvgIpc) is 2.83. The first-order chi connectivity index (χ1) is 5.45. The molecule has 0 aliphatic carbocycles. The molecule has 0 radical (unpaired) electrons. The van der Waals surface area contributed by atoms with Crippen LogP contribution in [0.5, 0.6) is 5.75 Å². The summed E-state index contributed by atoms with van der Waals surface area (Å²) < 4.78 is 10.8. The molecule has 2 heterocycles. The van der Waals surface area contributed by atoms with Crippen molar-refractivity contribution in [1.29, 1.82) is 0 Å². The Morgan fingerprint density at radius 2 is 2.18 bits per heavy atom. The molecule has 2 aliphatic rings. The molecule has 0 bridgehead atoms. The first-order valence-electron chi connectivity index (χ1n) is 3.82. The fourth-order valence-corrected chi connectivity index (χ4v) is 1.56. The molecule has 3 rings (SSSR count). The molecule has 2 aliphatic heterocycles. The summed E-state index contributed by atoms with van der Waals surface area (Å²) in [6.45, 7) is 0.724. The van der Waals surface area contributed by atoms with Crippen molar-refractivity contribution in [2.24, 2.45) is 0 Å². The van der Waals surface area contributed by atoms with Crippen molar-refractivity contribution < 1.29 is 9.47 Å². The number of hydrogen-bond acceptors (Lipinski definition) is 2. The second-order valence-electron chi connectivity index (χ2n) is 2.94. The van der Waals surface area contributed by atoms with E-state index in [4.69, 9.17) is 9.47 Å². The molecular formula is C9H8O2. The van der Waals surface area contributed by atoms with Crippen molar-refractivity contribution in [3.05, 3.63) is 29.8 Å². The first-order valence-corrected chi connectivity index (χ1v) is 3.82. The molecule has 0 N–H and O–H groups in total. The van der Waals surface area contributed by atoms with E-state index in [1.807, 2.05) is 18.2 Å². The van der Waals surface area contributed by atoms with Crippen molar-refractivity contribution >= 4 is 0 Å². The Morgan fingerprint density at radius 1 is 1.27 bits per heavy atom. The maximum atomic E-state index is 5.45. The first kappa shape index (κ1) is 5.61. The van der Waals surface area contributed by atoms with Gasteiger partial charge >= 0.3 is 0 Å². The van der Waals surface area contributed by atoms with Crippen LogP contribution in [0.15, 0.2) is 24.3 Å². The minimum atomic E-state index is 0.333. The smallest absolute Gasteiger partial charge is 0.125 e. The summed E-state index contributed by atoms with van der Waals surface area (Å²) >= 11 is 0. The highest BCUT2D eigenvalue weighted by molar-refractivity contribution is 5.39. The highest BCUT2D eigenvalue weighted by Crippen LogP contribution is 2.46. The number of rotatable bonds is 0. The van der Waals surface area contributed by atoms with Crippen LogP contribution in [0.1, 0.15) is 11.7 Å². The van der Waals surface area contributed by atoms with E-state index in [2.05, 4.69) is 6.07 Å². The molecule has 0 amide bonds.